The minimum absolute atomic E-state index is 0.192. The molecule has 1 aliphatic heterocycles. The number of nitrogens with zero attached hydrogens (tertiary/aromatic N) is 3. The zero-order valence-electron chi connectivity index (χ0n) is 16.9. The van der Waals surface area contributed by atoms with Crippen LogP contribution >= 0.6 is 0 Å². The fraction of sp³-hybridized carbons (Fsp3) is 0.174. The van der Waals surface area contributed by atoms with E-state index < -0.39 is 0 Å². The molecule has 4 N–H and O–H groups in total. The van der Waals surface area contributed by atoms with Gasteiger partial charge in [0, 0.05) is 28.8 Å². The van der Waals surface area contributed by atoms with E-state index in [1.165, 1.54) is 12.1 Å². The van der Waals surface area contributed by atoms with Crippen molar-refractivity contribution in [3.8, 4) is 11.3 Å². The maximum Gasteiger partial charge on any atom is 0.198 e. The summed E-state index contributed by atoms with van der Waals surface area (Å²) in [4.78, 5) is 4.28. The van der Waals surface area contributed by atoms with Gasteiger partial charge in [-0.25, -0.2) is 9.38 Å². The normalized spacial score (nSPS) is 13.3. The van der Waals surface area contributed by atoms with Crippen molar-refractivity contribution >= 4 is 23.2 Å². The van der Waals surface area contributed by atoms with Crippen LogP contribution in [0.2, 0.25) is 0 Å². The van der Waals surface area contributed by atoms with Crippen molar-refractivity contribution in [1.82, 2.24) is 15.5 Å². The second-order valence-corrected chi connectivity index (χ2v) is 7.88. The number of aliphatic imine (C=N–C) groups is 1. The summed E-state index contributed by atoms with van der Waals surface area (Å²) in [6.45, 7) is 8.82. The molecule has 1 aromatic heterocycles. The molecular formula is C23H23FN6. The Bertz CT molecular complexity index is 1120. The third-order valence-corrected chi connectivity index (χ3v) is 5.14. The highest BCUT2D eigenvalue weighted by Gasteiger charge is 2.21. The fourth-order valence-corrected chi connectivity index (χ4v) is 3.31. The molecule has 0 spiro atoms. The molecule has 152 valence electrons. The van der Waals surface area contributed by atoms with Gasteiger partial charge in [0.05, 0.1) is 11.4 Å². The average molecular weight is 402 g/mol. The van der Waals surface area contributed by atoms with E-state index in [9.17, 15) is 4.39 Å². The molecule has 2 aromatic carbocycles. The number of rotatable bonds is 5. The number of anilines is 1. The minimum atomic E-state index is -0.235. The molecule has 30 heavy (non-hydrogen) atoms. The molecule has 1 aliphatic rings. The lowest BCUT2D eigenvalue weighted by Crippen LogP contribution is -2.31. The SMILES string of the molecule is C=C1NC(N)=Nc2ccc(-c3ccc(NCC(C)(C)c4ccc(F)cc4)nn3)cc21. The van der Waals surface area contributed by atoms with Crippen LogP contribution < -0.4 is 16.4 Å². The van der Waals surface area contributed by atoms with Crippen LogP contribution in [-0.2, 0) is 5.41 Å². The Kier molecular flexibility index (Phi) is 4.95. The van der Waals surface area contributed by atoms with Gasteiger partial charge in [0.1, 0.15) is 11.6 Å². The molecule has 2 heterocycles. The van der Waals surface area contributed by atoms with Gasteiger partial charge >= 0.3 is 0 Å². The molecule has 6 nitrogen and oxygen atoms in total. The smallest absolute Gasteiger partial charge is 0.198 e. The predicted molar refractivity (Wildman–Crippen MR) is 119 cm³/mol. The molecule has 0 aliphatic carbocycles. The van der Waals surface area contributed by atoms with Crippen molar-refractivity contribution in [3.63, 3.8) is 0 Å². The Morgan fingerprint density at radius 2 is 1.83 bits per heavy atom. The van der Waals surface area contributed by atoms with E-state index in [-0.39, 0.29) is 11.2 Å². The van der Waals surface area contributed by atoms with Gasteiger partial charge in [0.15, 0.2) is 5.96 Å². The third-order valence-electron chi connectivity index (χ3n) is 5.14. The monoisotopic (exact) mass is 402 g/mol. The van der Waals surface area contributed by atoms with Crippen LogP contribution in [0.15, 0.2) is 66.2 Å². The van der Waals surface area contributed by atoms with Crippen molar-refractivity contribution in [2.45, 2.75) is 19.3 Å². The van der Waals surface area contributed by atoms with Gasteiger partial charge < -0.3 is 16.4 Å². The standard InChI is InChI=1S/C23H23FN6/c1-14-18-12-15(4-9-20(18)28-22(25)27-14)19-10-11-21(30-29-19)26-13-23(2,3)16-5-7-17(24)8-6-16/h4-12H,1,13H2,2-3H3,(H,26,30)(H3,25,27,28). The largest absolute Gasteiger partial charge is 0.369 e. The van der Waals surface area contributed by atoms with E-state index in [0.29, 0.717) is 24.0 Å². The highest BCUT2D eigenvalue weighted by molar-refractivity contribution is 5.96. The number of nitrogens with one attached hydrogen (secondary N) is 2. The Labute approximate surface area is 174 Å². The quantitative estimate of drug-likeness (QED) is 0.595. The molecule has 0 unspecified atom stereocenters. The summed E-state index contributed by atoms with van der Waals surface area (Å²) < 4.78 is 13.2. The number of fused-ring (bicyclic) bond motifs is 1. The molecule has 3 aromatic rings. The second kappa shape index (κ2) is 7.59. The van der Waals surface area contributed by atoms with Crippen LogP contribution in [-0.4, -0.2) is 22.7 Å². The third kappa shape index (κ3) is 4.00. The number of hydrogen-bond donors (Lipinski definition) is 3. The van der Waals surface area contributed by atoms with Crippen molar-refractivity contribution in [2.24, 2.45) is 10.7 Å². The number of aromatic nitrogens is 2. The van der Waals surface area contributed by atoms with Gasteiger partial charge in [-0.1, -0.05) is 38.6 Å². The first-order valence-electron chi connectivity index (χ1n) is 9.60. The Morgan fingerprint density at radius 1 is 1.07 bits per heavy atom. The summed E-state index contributed by atoms with van der Waals surface area (Å²) >= 11 is 0. The van der Waals surface area contributed by atoms with E-state index in [1.807, 2.05) is 42.5 Å². The van der Waals surface area contributed by atoms with Gasteiger partial charge in [-0.05, 0) is 42.0 Å². The number of halogens is 1. The van der Waals surface area contributed by atoms with Crippen molar-refractivity contribution in [2.75, 3.05) is 11.9 Å². The molecule has 7 heteroatoms. The van der Waals surface area contributed by atoms with Gasteiger partial charge in [-0.15, -0.1) is 10.2 Å². The first-order valence-corrected chi connectivity index (χ1v) is 9.60. The van der Waals surface area contributed by atoms with Gasteiger partial charge in [-0.3, -0.25) is 0 Å². The maximum absolute atomic E-state index is 13.2. The number of hydrogen-bond acceptors (Lipinski definition) is 6. The topological polar surface area (TPSA) is 88.2 Å². The molecule has 0 saturated heterocycles. The van der Waals surface area contributed by atoms with E-state index in [0.717, 1.165) is 28.1 Å². The molecule has 0 radical (unpaired) electrons. The maximum atomic E-state index is 13.2. The zero-order chi connectivity index (χ0) is 21.3. The number of guanidine groups is 1. The molecule has 4 rings (SSSR count). The molecule has 0 fully saturated rings. The van der Waals surface area contributed by atoms with Crippen LogP contribution in [0.3, 0.4) is 0 Å². The van der Waals surface area contributed by atoms with Crippen LogP contribution in [0.25, 0.3) is 17.0 Å². The van der Waals surface area contributed by atoms with Crippen molar-refractivity contribution < 1.29 is 4.39 Å². The number of benzene rings is 2. The molecule has 0 atom stereocenters. The lowest BCUT2D eigenvalue weighted by atomic mass is 9.84. The van der Waals surface area contributed by atoms with Gasteiger partial charge in [0.2, 0.25) is 0 Å². The lowest BCUT2D eigenvalue weighted by Gasteiger charge is -2.25. The van der Waals surface area contributed by atoms with Crippen LogP contribution in [0.4, 0.5) is 15.9 Å². The zero-order valence-corrected chi connectivity index (χ0v) is 16.9. The van der Waals surface area contributed by atoms with Crippen molar-refractivity contribution in [1.29, 1.82) is 0 Å². The predicted octanol–water partition coefficient (Wildman–Crippen LogP) is 4.19. The summed E-state index contributed by atoms with van der Waals surface area (Å²) in [6, 6.07) is 16.2. The first kappa shape index (κ1) is 19.6. The lowest BCUT2D eigenvalue weighted by molar-refractivity contribution is 0.552. The Balaban J connectivity index is 1.48. The second-order valence-electron chi connectivity index (χ2n) is 7.88. The Hall–Kier alpha value is -3.74. The molecule has 0 amide bonds. The summed E-state index contributed by atoms with van der Waals surface area (Å²) in [7, 11) is 0. The van der Waals surface area contributed by atoms with E-state index >= 15 is 0 Å². The van der Waals surface area contributed by atoms with Gasteiger partial charge in [0.25, 0.3) is 0 Å². The Morgan fingerprint density at radius 3 is 2.53 bits per heavy atom. The number of nitrogens with two attached hydrogens (primary N) is 1. The molecule has 0 saturated carbocycles. The van der Waals surface area contributed by atoms with E-state index in [4.69, 9.17) is 5.73 Å². The van der Waals surface area contributed by atoms with Crippen LogP contribution in [0.1, 0.15) is 25.0 Å². The first-order chi connectivity index (χ1) is 14.3. The van der Waals surface area contributed by atoms with E-state index in [1.54, 1.807) is 0 Å². The highest BCUT2D eigenvalue weighted by atomic mass is 19.1. The highest BCUT2D eigenvalue weighted by Crippen LogP contribution is 2.31. The fourth-order valence-electron chi connectivity index (χ4n) is 3.31. The minimum Gasteiger partial charge on any atom is -0.369 e. The van der Waals surface area contributed by atoms with Crippen LogP contribution in [0, 0.1) is 5.82 Å². The van der Waals surface area contributed by atoms with Crippen molar-refractivity contribution in [3.05, 3.63) is 78.1 Å². The molecule has 0 bridgehead atoms. The summed E-state index contributed by atoms with van der Waals surface area (Å²) in [5, 5.41) is 14.9. The van der Waals surface area contributed by atoms with Gasteiger partial charge in [-0.2, -0.15) is 0 Å². The average Bonchev–Trinajstić information content (AvgIpc) is 2.73. The summed E-state index contributed by atoms with van der Waals surface area (Å²) in [5.41, 5.74) is 10.6. The van der Waals surface area contributed by atoms with E-state index in [2.05, 4.69) is 46.2 Å². The summed E-state index contributed by atoms with van der Waals surface area (Å²) in [6.07, 6.45) is 0. The molecular weight excluding hydrogens is 379 g/mol. The summed E-state index contributed by atoms with van der Waals surface area (Å²) in [5.74, 6) is 0.773. The van der Waals surface area contributed by atoms with Crippen LogP contribution in [0.5, 0.6) is 0 Å².